The highest BCUT2D eigenvalue weighted by molar-refractivity contribution is 6.10. The van der Waals surface area contributed by atoms with E-state index in [1.54, 1.807) is 30.6 Å². The van der Waals surface area contributed by atoms with Crippen molar-refractivity contribution in [2.45, 2.75) is 63.5 Å². The van der Waals surface area contributed by atoms with E-state index in [0.29, 0.717) is 70.2 Å². The van der Waals surface area contributed by atoms with Gasteiger partial charge < -0.3 is 44.5 Å². The maximum absolute atomic E-state index is 13.4. The molecule has 0 unspecified atom stereocenters. The van der Waals surface area contributed by atoms with Gasteiger partial charge in [0.15, 0.2) is 0 Å². The van der Waals surface area contributed by atoms with E-state index in [1.807, 2.05) is 49.4 Å². The van der Waals surface area contributed by atoms with Crippen LogP contribution >= 0.6 is 0 Å². The van der Waals surface area contributed by atoms with E-state index in [4.69, 9.17) is 29.8 Å². The molecule has 1 amide bonds. The summed E-state index contributed by atoms with van der Waals surface area (Å²) in [7, 11) is 3.42. The maximum Gasteiger partial charge on any atom is 0.307 e. The summed E-state index contributed by atoms with van der Waals surface area (Å²) in [5.41, 5.74) is 2.15. The van der Waals surface area contributed by atoms with Gasteiger partial charge in [0, 0.05) is 48.9 Å². The van der Waals surface area contributed by atoms with E-state index >= 15 is 0 Å². The fourth-order valence-electron chi connectivity index (χ4n) is 6.15. The monoisotopic (exact) mass is 773 g/mol. The van der Waals surface area contributed by atoms with Crippen molar-refractivity contribution in [1.82, 2.24) is 20.5 Å². The Kier molecular flexibility index (Phi) is 18.7. The zero-order valence-electron chi connectivity index (χ0n) is 33.1. The molecule has 4 rings (SSSR count). The van der Waals surface area contributed by atoms with Gasteiger partial charge in [0.2, 0.25) is 0 Å². The highest BCUT2D eigenvalue weighted by atomic mass is 16.5. The summed E-state index contributed by atoms with van der Waals surface area (Å²) in [6.07, 6.45) is 8.88. The lowest BCUT2D eigenvalue weighted by Gasteiger charge is -2.42. The summed E-state index contributed by atoms with van der Waals surface area (Å²) in [4.78, 5) is 30.7. The van der Waals surface area contributed by atoms with Crippen LogP contribution in [0, 0.1) is 10.8 Å². The fourth-order valence-corrected chi connectivity index (χ4v) is 6.15. The Morgan fingerprint density at radius 2 is 1.46 bits per heavy atom. The van der Waals surface area contributed by atoms with Crippen LogP contribution in [-0.2, 0) is 23.7 Å². The van der Waals surface area contributed by atoms with Crippen LogP contribution in [0.25, 0.3) is 0 Å². The average Bonchev–Trinajstić information content (AvgIpc) is 3.22. The lowest BCUT2D eigenvalue weighted by molar-refractivity contribution is -0.141. The molecule has 0 bridgehead atoms. The number of amidine groups is 2. The zero-order valence-corrected chi connectivity index (χ0v) is 33.1. The molecule has 0 aliphatic carbocycles. The summed E-state index contributed by atoms with van der Waals surface area (Å²) in [5, 5.41) is 27.3. The minimum absolute atomic E-state index is 0.141. The molecule has 1 aliphatic rings. The van der Waals surface area contributed by atoms with Crippen LogP contribution in [0.15, 0.2) is 73.1 Å². The van der Waals surface area contributed by atoms with Gasteiger partial charge in [-0.25, -0.2) is 0 Å². The maximum atomic E-state index is 13.4. The quantitative estimate of drug-likeness (QED) is 0.0331. The number of carbonyl (C=O) groups excluding carboxylic acids is 2. The largest absolute Gasteiger partial charge is 0.494 e. The number of amides is 1. The molecule has 14 nitrogen and oxygen atoms in total. The predicted octanol–water partition coefficient (Wildman–Crippen LogP) is 5.59. The number of benzene rings is 2. The van der Waals surface area contributed by atoms with Crippen LogP contribution < -0.4 is 20.7 Å². The number of nitrogens with one attached hydrogen (secondary N) is 5. The molecule has 1 atom stereocenters. The number of unbranched alkanes of at least 4 members (excludes halogenated alkanes) is 3. The van der Waals surface area contributed by atoms with Crippen molar-refractivity contribution in [3.8, 4) is 5.75 Å². The molecule has 0 saturated carbocycles. The fraction of sp³-hybridized carbons (Fsp3) is 0.500. The Morgan fingerprint density at radius 3 is 2.14 bits per heavy atom. The molecule has 14 heteroatoms. The first kappa shape index (κ1) is 43.8. The molecular weight excluding hydrogens is 715 g/mol. The molecule has 0 radical (unpaired) electrons. The summed E-state index contributed by atoms with van der Waals surface area (Å²) in [6, 6.07) is 18.4. The van der Waals surface area contributed by atoms with Crippen molar-refractivity contribution >= 4 is 29.2 Å². The number of hydrogen-bond donors (Lipinski definition) is 5. The second kappa shape index (κ2) is 23.9. The van der Waals surface area contributed by atoms with Gasteiger partial charge in [-0.05, 0) is 94.1 Å². The smallest absolute Gasteiger partial charge is 0.307 e. The summed E-state index contributed by atoms with van der Waals surface area (Å²) in [5.74, 6) is 0.679. The molecule has 1 saturated heterocycles. The third-order valence-corrected chi connectivity index (χ3v) is 9.65. The highest BCUT2D eigenvalue weighted by Crippen LogP contribution is 2.28. The van der Waals surface area contributed by atoms with Gasteiger partial charge in [0.1, 0.15) is 17.4 Å². The second-order valence-corrected chi connectivity index (χ2v) is 13.9. The van der Waals surface area contributed by atoms with Gasteiger partial charge in [-0.3, -0.25) is 25.4 Å². The molecule has 2 heterocycles. The average molecular weight is 774 g/mol. The van der Waals surface area contributed by atoms with E-state index in [1.165, 1.54) is 7.11 Å². The molecule has 5 N–H and O–H groups in total. The van der Waals surface area contributed by atoms with Crippen LogP contribution in [-0.4, -0.2) is 112 Å². The van der Waals surface area contributed by atoms with Gasteiger partial charge in [-0.15, -0.1) is 0 Å². The van der Waals surface area contributed by atoms with Crippen LogP contribution in [0.5, 0.6) is 5.75 Å². The standard InChI is InChI=1S/C42H59N7O7/c1-32(33-11-13-37(14-12-33)56-25-7-5-4-6-24-53-27-29-55-30-28-54-26-17-38(50)52-3)46-40(51)35-9-8-10-36(31-35)48-42(18-22-49(2)23-19-42)41(44)47-39(43)34-15-20-45-21-16-34/h8-16,20-21,31-32,48H,4-7,17-19,22-30H2,1-3H3,(H,46,51)(H3,43,44,47)/t32-/m1/s1. The Morgan fingerprint density at radius 1 is 0.821 bits per heavy atom. The van der Waals surface area contributed by atoms with Gasteiger partial charge >= 0.3 is 5.97 Å². The first-order valence-electron chi connectivity index (χ1n) is 19.4. The van der Waals surface area contributed by atoms with Crippen molar-refractivity contribution in [2.24, 2.45) is 0 Å². The normalized spacial score (nSPS) is 14.3. The number of hydrogen-bond acceptors (Lipinski definition) is 12. The number of rotatable bonds is 24. The van der Waals surface area contributed by atoms with E-state index in [9.17, 15) is 9.59 Å². The molecule has 3 aromatic rings. The topological polar surface area (TPSA) is 180 Å². The summed E-state index contributed by atoms with van der Waals surface area (Å²) < 4.78 is 26.9. The number of piperidine rings is 1. The summed E-state index contributed by atoms with van der Waals surface area (Å²) in [6.45, 7) is 7.15. The van der Waals surface area contributed by atoms with Gasteiger partial charge in [0.25, 0.3) is 5.91 Å². The number of carbonyl (C=O) groups is 2. The SMILES string of the molecule is COC(=O)CCOCCOCCOCCCCCCOc1ccc([C@@H](C)NC(=O)c2cccc(NC3(C(=N)NC(=N)c4ccncc4)CCN(C)CC3)c2)cc1. The van der Waals surface area contributed by atoms with Crippen molar-refractivity contribution in [2.75, 3.05) is 78.8 Å². The highest BCUT2D eigenvalue weighted by Gasteiger charge is 2.38. The molecule has 1 aliphatic heterocycles. The lowest BCUT2D eigenvalue weighted by Crippen LogP contribution is -2.58. The molecule has 0 spiro atoms. The Hall–Kier alpha value is -4.89. The van der Waals surface area contributed by atoms with E-state index in [2.05, 4.69) is 37.6 Å². The number of pyridine rings is 1. The lowest BCUT2D eigenvalue weighted by atomic mass is 9.85. The van der Waals surface area contributed by atoms with Crippen LogP contribution in [0.4, 0.5) is 5.69 Å². The summed E-state index contributed by atoms with van der Waals surface area (Å²) >= 11 is 0. The second-order valence-electron chi connectivity index (χ2n) is 13.9. The third-order valence-electron chi connectivity index (χ3n) is 9.65. The van der Waals surface area contributed by atoms with Gasteiger partial charge in [0.05, 0.1) is 64.8 Å². The van der Waals surface area contributed by atoms with E-state index in [0.717, 1.165) is 55.8 Å². The number of anilines is 1. The van der Waals surface area contributed by atoms with Crippen molar-refractivity contribution < 1.29 is 33.3 Å². The number of likely N-dealkylation sites (tertiary alicyclic amines) is 1. The van der Waals surface area contributed by atoms with Crippen molar-refractivity contribution in [1.29, 1.82) is 10.8 Å². The number of ether oxygens (including phenoxy) is 5. The molecule has 2 aromatic carbocycles. The number of nitrogens with zero attached hydrogens (tertiary/aromatic N) is 2. The number of aromatic nitrogens is 1. The molecule has 1 fully saturated rings. The van der Waals surface area contributed by atoms with Crippen molar-refractivity contribution in [3.63, 3.8) is 0 Å². The first-order valence-corrected chi connectivity index (χ1v) is 19.4. The molecular formula is C42H59N7O7. The van der Waals surface area contributed by atoms with Crippen LogP contribution in [0.3, 0.4) is 0 Å². The Labute approximate surface area is 331 Å². The number of methoxy groups -OCH3 is 1. The predicted molar refractivity (Wildman–Crippen MR) is 217 cm³/mol. The number of esters is 1. The molecule has 1 aromatic heterocycles. The van der Waals surface area contributed by atoms with Gasteiger partial charge in [-0.2, -0.15) is 0 Å². The Bertz CT molecular complexity index is 1650. The van der Waals surface area contributed by atoms with Crippen LogP contribution in [0.2, 0.25) is 0 Å². The van der Waals surface area contributed by atoms with E-state index < -0.39 is 5.54 Å². The van der Waals surface area contributed by atoms with Crippen molar-refractivity contribution in [3.05, 3.63) is 89.7 Å². The first-order chi connectivity index (χ1) is 27.2. The zero-order chi connectivity index (χ0) is 40.0. The minimum Gasteiger partial charge on any atom is -0.494 e. The van der Waals surface area contributed by atoms with Gasteiger partial charge in [-0.1, -0.05) is 24.6 Å². The third kappa shape index (κ3) is 15.0. The van der Waals surface area contributed by atoms with E-state index in [-0.39, 0.29) is 36.0 Å². The Balaban J connectivity index is 1.13. The molecule has 304 valence electrons. The molecule has 56 heavy (non-hydrogen) atoms. The minimum atomic E-state index is -0.725. The van der Waals surface area contributed by atoms with Crippen LogP contribution in [0.1, 0.15) is 79.4 Å².